The summed E-state index contributed by atoms with van der Waals surface area (Å²) in [6.45, 7) is 15.9. The van der Waals surface area contributed by atoms with Gasteiger partial charge in [0.2, 0.25) is 9.84 Å². The number of rotatable bonds is 18. The topological polar surface area (TPSA) is 105 Å². The van der Waals surface area contributed by atoms with Gasteiger partial charge in [0.1, 0.15) is 0 Å². The van der Waals surface area contributed by atoms with Crippen molar-refractivity contribution in [3.8, 4) is 5.69 Å². The molecule has 2 aromatic rings. The number of benzene rings is 1. The average Bonchev–Trinajstić information content (AvgIpc) is 3.54. The van der Waals surface area contributed by atoms with Crippen LogP contribution in [0.25, 0.3) is 5.69 Å². The highest BCUT2D eigenvalue weighted by molar-refractivity contribution is 7.91. The molecule has 1 aromatic carbocycles. The first-order valence-electron chi connectivity index (χ1n) is 16.0. The van der Waals surface area contributed by atoms with Crippen LogP contribution >= 0.6 is 0 Å². The van der Waals surface area contributed by atoms with E-state index < -0.39 is 32.6 Å². The maximum atomic E-state index is 13.8. The first-order chi connectivity index (χ1) is 20.6. The third-order valence-electron chi connectivity index (χ3n) is 9.19. The van der Waals surface area contributed by atoms with Crippen LogP contribution in [0.4, 0.5) is 0 Å². The van der Waals surface area contributed by atoms with Crippen molar-refractivity contribution < 1.29 is 22.0 Å². The lowest BCUT2D eigenvalue weighted by molar-refractivity contribution is 0.0621. The van der Waals surface area contributed by atoms with E-state index in [1.54, 1.807) is 12.1 Å². The third-order valence-corrected chi connectivity index (χ3v) is 20.1. The van der Waals surface area contributed by atoms with Crippen LogP contribution in [0.3, 0.4) is 0 Å². The molecule has 0 aliphatic carbocycles. The Labute approximate surface area is 261 Å². The number of ether oxygens (including phenoxy) is 1. The van der Waals surface area contributed by atoms with Crippen LogP contribution in [0.15, 0.2) is 59.3 Å². The molecule has 240 valence electrons. The molecular formula is C31H52N4O5SSi2. The zero-order chi connectivity index (χ0) is 31.5. The van der Waals surface area contributed by atoms with E-state index in [1.165, 1.54) is 10.3 Å². The summed E-state index contributed by atoms with van der Waals surface area (Å²) in [4.78, 5) is 0. The van der Waals surface area contributed by atoms with Crippen molar-refractivity contribution in [2.24, 2.45) is 0 Å². The number of hydrogen-bond acceptors (Lipinski definition) is 8. The first-order valence-corrected chi connectivity index (χ1v) is 22.7. The Bertz CT molecular complexity index is 1280. The number of nitrogens with zero attached hydrogens (tertiary/aromatic N) is 4. The summed E-state index contributed by atoms with van der Waals surface area (Å²) in [5, 5.41) is 11.5. The fourth-order valence-corrected chi connectivity index (χ4v) is 12.7. The summed E-state index contributed by atoms with van der Waals surface area (Å²) in [5.74, 6) is -0.152. The summed E-state index contributed by atoms with van der Waals surface area (Å²) in [7, 11) is -8.06. The SMILES string of the molecule is CC[Si](CC)(CC)O[C@@H](/C=C/[C@@H]1CC(C)=CCO1)[C@H](CCS(=O)(=O)c1nnnn1-c1ccccc1)O[Si](CC)(CC)CC. The molecule has 0 saturated heterocycles. The summed E-state index contributed by atoms with van der Waals surface area (Å²) < 4.78 is 49.2. The number of tetrazole rings is 1. The Morgan fingerprint density at radius 2 is 1.58 bits per heavy atom. The fraction of sp³-hybridized carbons (Fsp3) is 0.645. The molecule has 0 radical (unpaired) electrons. The Morgan fingerprint density at radius 3 is 2.16 bits per heavy atom. The Kier molecular flexibility index (Phi) is 13.5. The molecule has 43 heavy (non-hydrogen) atoms. The van der Waals surface area contributed by atoms with E-state index in [-0.39, 0.29) is 29.5 Å². The standard InChI is InChI=1S/C31H52N4O5SSi2/c1-8-42(9-2,10-3)39-29(20-19-28-25-26(7)21-23-38-28)30(40-43(11-4,12-5)13-6)22-24-41(36,37)31-32-33-34-35(31)27-17-15-14-16-18-27/h14-21,28-30H,8-13,22-25H2,1-7H3/b20-19+/t28-,29+,30+/m1/s1. The number of sulfone groups is 1. The minimum Gasteiger partial charge on any atom is -0.411 e. The molecule has 1 aromatic heterocycles. The highest BCUT2D eigenvalue weighted by Crippen LogP contribution is 2.32. The lowest BCUT2D eigenvalue weighted by Crippen LogP contribution is -2.49. The molecule has 3 atom stereocenters. The molecule has 0 spiro atoms. The van der Waals surface area contributed by atoms with E-state index in [4.69, 9.17) is 13.6 Å². The molecule has 0 bridgehead atoms. The molecule has 0 unspecified atom stereocenters. The fourth-order valence-electron chi connectivity index (χ4n) is 5.74. The van der Waals surface area contributed by atoms with Crippen LogP contribution in [0.2, 0.25) is 36.3 Å². The zero-order valence-corrected chi connectivity index (χ0v) is 30.0. The Morgan fingerprint density at radius 1 is 0.977 bits per heavy atom. The normalized spacial score (nSPS) is 18.1. The van der Waals surface area contributed by atoms with Gasteiger partial charge in [0.25, 0.3) is 5.16 Å². The molecule has 0 saturated carbocycles. The van der Waals surface area contributed by atoms with E-state index in [2.05, 4.69) is 82.2 Å². The minimum absolute atomic E-state index is 0.0394. The third kappa shape index (κ3) is 9.27. The van der Waals surface area contributed by atoms with Crippen LogP contribution in [-0.2, 0) is 23.4 Å². The summed E-state index contributed by atoms with van der Waals surface area (Å²) in [6.07, 6.45) is 6.61. The maximum absolute atomic E-state index is 13.8. The van der Waals surface area contributed by atoms with Crippen molar-refractivity contribution in [1.82, 2.24) is 20.2 Å². The van der Waals surface area contributed by atoms with E-state index >= 15 is 0 Å². The van der Waals surface area contributed by atoms with Gasteiger partial charge in [-0.3, -0.25) is 0 Å². The van der Waals surface area contributed by atoms with Gasteiger partial charge in [0.15, 0.2) is 16.6 Å². The minimum atomic E-state index is -3.84. The van der Waals surface area contributed by atoms with E-state index in [9.17, 15) is 8.42 Å². The van der Waals surface area contributed by atoms with Crippen molar-refractivity contribution >= 4 is 26.5 Å². The van der Waals surface area contributed by atoms with Crippen molar-refractivity contribution in [3.05, 3.63) is 54.1 Å². The van der Waals surface area contributed by atoms with Gasteiger partial charge >= 0.3 is 0 Å². The van der Waals surface area contributed by atoms with Crippen LogP contribution < -0.4 is 0 Å². The summed E-state index contributed by atoms with van der Waals surface area (Å²) >= 11 is 0. The first kappa shape index (κ1) is 35.5. The number of hydrogen-bond donors (Lipinski definition) is 0. The molecule has 0 fully saturated rings. The largest absolute Gasteiger partial charge is 0.411 e. The molecule has 3 rings (SSSR count). The van der Waals surface area contributed by atoms with E-state index in [0.717, 1.165) is 42.7 Å². The monoisotopic (exact) mass is 648 g/mol. The van der Waals surface area contributed by atoms with Gasteiger partial charge in [-0.05, 0) is 78.6 Å². The van der Waals surface area contributed by atoms with Crippen LogP contribution in [-0.4, -0.2) is 75.9 Å². The smallest absolute Gasteiger partial charge is 0.272 e. The van der Waals surface area contributed by atoms with E-state index in [0.29, 0.717) is 12.3 Å². The average molecular weight is 649 g/mol. The Balaban J connectivity index is 2.00. The van der Waals surface area contributed by atoms with Crippen molar-refractivity contribution in [3.63, 3.8) is 0 Å². The molecule has 1 aliphatic heterocycles. The Hall–Kier alpha value is -1.97. The van der Waals surface area contributed by atoms with Gasteiger partial charge in [0, 0.05) is 0 Å². The van der Waals surface area contributed by atoms with Crippen LogP contribution in [0, 0.1) is 0 Å². The lowest BCUT2D eigenvalue weighted by atomic mass is 10.0. The molecule has 1 aliphatic rings. The highest BCUT2D eigenvalue weighted by atomic mass is 32.2. The number of para-hydroxylation sites is 1. The second kappa shape index (κ2) is 16.4. The second-order valence-corrected chi connectivity index (χ2v) is 23.0. The molecule has 9 nitrogen and oxygen atoms in total. The van der Waals surface area contributed by atoms with Crippen LogP contribution in [0.5, 0.6) is 0 Å². The quantitative estimate of drug-likeness (QED) is 0.127. The van der Waals surface area contributed by atoms with Crippen molar-refractivity contribution in [2.75, 3.05) is 12.4 Å². The second-order valence-electron chi connectivity index (χ2n) is 11.6. The maximum Gasteiger partial charge on any atom is 0.272 e. The van der Waals surface area contributed by atoms with Gasteiger partial charge < -0.3 is 13.6 Å². The molecule has 0 amide bonds. The predicted octanol–water partition coefficient (Wildman–Crippen LogP) is 6.90. The van der Waals surface area contributed by atoms with Gasteiger partial charge in [-0.1, -0.05) is 88.6 Å². The number of aromatic nitrogens is 4. The van der Waals surface area contributed by atoms with Gasteiger partial charge in [-0.2, -0.15) is 4.68 Å². The van der Waals surface area contributed by atoms with Gasteiger partial charge in [0.05, 0.1) is 36.4 Å². The van der Waals surface area contributed by atoms with Gasteiger partial charge in [-0.25, -0.2) is 8.42 Å². The summed E-state index contributed by atoms with van der Waals surface area (Å²) in [6, 6.07) is 14.9. The molecule has 0 N–H and O–H groups in total. The van der Waals surface area contributed by atoms with Crippen molar-refractivity contribution in [2.45, 2.75) is 121 Å². The molecule has 12 heteroatoms. The predicted molar refractivity (Wildman–Crippen MR) is 177 cm³/mol. The van der Waals surface area contributed by atoms with Crippen molar-refractivity contribution in [1.29, 1.82) is 0 Å². The summed E-state index contributed by atoms with van der Waals surface area (Å²) in [5.41, 5.74) is 1.90. The zero-order valence-electron chi connectivity index (χ0n) is 27.2. The lowest BCUT2D eigenvalue weighted by Gasteiger charge is -2.40. The molecular weight excluding hydrogens is 597 g/mol. The molecule has 2 heterocycles. The highest BCUT2D eigenvalue weighted by Gasteiger charge is 2.40. The van der Waals surface area contributed by atoms with Gasteiger partial charge in [-0.15, -0.1) is 0 Å². The van der Waals surface area contributed by atoms with Crippen LogP contribution in [0.1, 0.15) is 61.3 Å². The van der Waals surface area contributed by atoms with E-state index in [1.807, 2.05) is 18.2 Å².